The number of benzene rings is 1. The summed E-state index contributed by atoms with van der Waals surface area (Å²) in [5.41, 5.74) is 0.149. The minimum Gasteiger partial charge on any atom is -0.388 e. The van der Waals surface area contributed by atoms with Gasteiger partial charge in [-0.1, -0.05) is 0 Å². The molecule has 0 spiro atoms. The summed E-state index contributed by atoms with van der Waals surface area (Å²) in [4.78, 5) is 0. The van der Waals surface area contributed by atoms with Crippen LogP contribution in [0.2, 0.25) is 0 Å². The highest BCUT2D eigenvalue weighted by molar-refractivity contribution is 5.56. The van der Waals surface area contributed by atoms with Crippen molar-refractivity contribution in [2.24, 2.45) is 7.05 Å². The Morgan fingerprint density at radius 3 is 2.62 bits per heavy atom. The summed E-state index contributed by atoms with van der Waals surface area (Å²) in [5, 5.41) is 16.3. The minimum absolute atomic E-state index is 0.149. The second kappa shape index (κ2) is 3.97. The standard InChI is InChI=1S/C10H9F2N3O/c1-15-9(5-16)13-14-10(15)7-3-2-6(11)4-8(7)12/h2-4,16H,5H2,1H3. The quantitative estimate of drug-likeness (QED) is 0.836. The Labute approximate surface area is 90.2 Å². The fourth-order valence-corrected chi connectivity index (χ4v) is 1.40. The van der Waals surface area contributed by atoms with Gasteiger partial charge in [0.15, 0.2) is 11.6 Å². The largest absolute Gasteiger partial charge is 0.388 e. The first-order valence-electron chi connectivity index (χ1n) is 4.58. The summed E-state index contributed by atoms with van der Waals surface area (Å²) in [7, 11) is 1.60. The van der Waals surface area contributed by atoms with Crippen molar-refractivity contribution in [2.75, 3.05) is 0 Å². The van der Waals surface area contributed by atoms with Crippen molar-refractivity contribution < 1.29 is 13.9 Å². The SMILES string of the molecule is Cn1c(CO)nnc1-c1ccc(F)cc1F. The lowest BCUT2D eigenvalue weighted by Gasteiger charge is -2.03. The molecule has 0 fully saturated rings. The molecule has 2 rings (SSSR count). The van der Waals surface area contributed by atoms with Gasteiger partial charge in [-0.3, -0.25) is 0 Å². The first-order chi connectivity index (χ1) is 7.63. The molecule has 0 aliphatic rings. The summed E-state index contributed by atoms with van der Waals surface area (Å²) in [6.07, 6.45) is 0. The lowest BCUT2D eigenvalue weighted by atomic mass is 10.2. The molecule has 6 heteroatoms. The number of aromatic nitrogens is 3. The van der Waals surface area contributed by atoms with Crippen molar-refractivity contribution in [3.8, 4) is 11.4 Å². The third kappa shape index (κ3) is 1.67. The molecule has 0 aliphatic heterocycles. The predicted molar refractivity (Wildman–Crippen MR) is 52.3 cm³/mol. The number of hydrogen-bond donors (Lipinski definition) is 1. The van der Waals surface area contributed by atoms with E-state index in [4.69, 9.17) is 5.11 Å². The van der Waals surface area contributed by atoms with Gasteiger partial charge in [-0.05, 0) is 12.1 Å². The van der Waals surface area contributed by atoms with Crippen LogP contribution in [-0.4, -0.2) is 19.9 Å². The Kier molecular flexibility index (Phi) is 2.66. The lowest BCUT2D eigenvalue weighted by Crippen LogP contribution is -2.00. The van der Waals surface area contributed by atoms with Gasteiger partial charge in [-0.15, -0.1) is 10.2 Å². The van der Waals surface area contributed by atoms with Gasteiger partial charge in [0.05, 0.1) is 5.56 Å². The molecule has 0 aliphatic carbocycles. The van der Waals surface area contributed by atoms with Crippen molar-refractivity contribution in [3.05, 3.63) is 35.7 Å². The zero-order valence-electron chi connectivity index (χ0n) is 8.48. The lowest BCUT2D eigenvalue weighted by molar-refractivity contribution is 0.267. The molecule has 1 N–H and O–H groups in total. The summed E-state index contributed by atoms with van der Waals surface area (Å²) in [5.74, 6) is -0.786. The molecule has 1 heterocycles. The van der Waals surface area contributed by atoms with E-state index >= 15 is 0 Å². The van der Waals surface area contributed by atoms with Crippen molar-refractivity contribution >= 4 is 0 Å². The van der Waals surface area contributed by atoms with Crippen LogP contribution in [0.3, 0.4) is 0 Å². The topological polar surface area (TPSA) is 50.9 Å². The maximum Gasteiger partial charge on any atom is 0.166 e. The van der Waals surface area contributed by atoms with Crippen LogP contribution in [0.25, 0.3) is 11.4 Å². The number of hydrogen-bond acceptors (Lipinski definition) is 3. The smallest absolute Gasteiger partial charge is 0.166 e. The molecule has 4 nitrogen and oxygen atoms in total. The Balaban J connectivity index is 2.54. The maximum atomic E-state index is 13.4. The summed E-state index contributed by atoms with van der Waals surface area (Å²) >= 11 is 0. The molecule has 0 saturated carbocycles. The highest BCUT2D eigenvalue weighted by Crippen LogP contribution is 2.21. The van der Waals surface area contributed by atoms with Crippen molar-refractivity contribution in [1.29, 1.82) is 0 Å². The Bertz CT molecular complexity index is 525. The minimum atomic E-state index is -0.708. The second-order valence-corrected chi connectivity index (χ2v) is 3.28. The second-order valence-electron chi connectivity index (χ2n) is 3.28. The van der Waals surface area contributed by atoms with Crippen LogP contribution in [0.15, 0.2) is 18.2 Å². The van der Waals surface area contributed by atoms with E-state index in [2.05, 4.69) is 10.2 Å². The van der Waals surface area contributed by atoms with Crippen molar-refractivity contribution in [2.45, 2.75) is 6.61 Å². The Hall–Kier alpha value is -1.82. The van der Waals surface area contributed by atoms with Gasteiger partial charge in [0, 0.05) is 13.1 Å². The van der Waals surface area contributed by atoms with E-state index in [1.807, 2.05) is 0 Å². The maximum absolute atomic E-state index is 13.4. The van der Waals surface area contributed by atoms with Crippen LogP contribution in [0.4, 0.5) is 8.78 Å². The first kappa shape index (κ1) is 10.7. The van der Waals surface area contributed by atoms with Gasteiger partial charge in [0.25, 0.3) is 0 Å². The number of halogens is 2. The van der Waals surface area contributed by atoms with Crippen LogP contribution in [0.5, 0.6) is 0 Å². The van der Waals surface area contributed by atoms with Crippen LogP contribution >= 0.6 is 0 Å². The average Bonchev–Trinajstić information content (AvgIpc) is 2.60. The number of aliphatic hydroxyl groups excluding tert-OH is 1. The Morgan fingerprint density at radius 2 is 2.06 bits per heavy atom. The van der Waals surface area contributed by atoms with Crippen LogP contribution in [-0.2, 0) is 13.7 Å². The van der Waals surface area contributed by atoms with E-state index in [0.29, 0.717) is 5.82 Å². The molecule has 0 amide bonds. The summed E-state index contributed by atoms with van der Waals surface area (Å²) < 4.78 is 27.6. The summed E-state index contributed by atoms with van der Waals surface area (Å²) in [6.45, 7) is -0.285. The third-order valence-corrected chi connectivity index (χ3v) is 2.28. The molecular formula is C10H9F2N3O. The highest BCUT2D eigenvalue weighted by atomic mass is 19.1. The third-order valence-electron chi connectivity index (χ3n) is 2.28. The zero-order chi connectivity index (χ0) is 11.7. The molecule has 16 heavy (non-hydrogen) atoms. The average molecular weight is 225 g/mol. The number of aliphatic hydroxyl groups is 1. The van der Waals surface area contributed by atoms with Gasteiger partial charge in [-0.25, -0.2) is 8.78 Å². The molecule has 0 atom stereocenters. The number of nitrogens with zero attached hydrogens (tertiary/aromatic N) is 3. The Morgan fingerprint density at radius 1 is 1.31 bits per heavy atom. The highest BCUT2D eigenvalue weighted by Gasteiger charge is 2.14. The van der Waals surface area contributed by atoms with E-state index in [1.54, 1.807) is 7.05 Å². The molecule has 84 valence electrons. The monoisotopic (exact) mass is 225 g/mol. The first-order valence-corrected chi connectivity index (χ1v) is 4.58. The van der Waals surface area contributed by atoms with E-state index in [1.165, 1.54) is 10.6 Å². The van der Waals surface area contributed by atoms with Gasteiger partial charge in [-0.2, -0.15) is 0 Å². The van der Waals surface area contributed by atoms with Gasteiger partial charge in [0.1, 0.15) is 18.2 Å². The van der Waals surface area contributed by atoms with Crippen LogP contribution < -0.4 is 0 Å². The molecule has 0 unspecified atom stereocenters. The normalized spacial score (nSPS) is 10.8. The van der Waals surface area contributed by atoms with E-state index in [9.17, 15) is 8.78 Å². The molecule has 1 aromatic carbocycles. The van der Waals surface area contributed by atoms with Crippen LogP contribution in [0, 0.1) is 11.6 Å². The molecule has 0 saturated heterocycles. The van der Waals surface area contributed by atoms with E-state index in [-0.39, 0.29) is 18.0 Å². The molecule has 2 aromatic rings. The fourth-order valence-electron chi connectivity index (χ4n) is 1.40. The van der Waals surface area contributed by atoms with Crippen molar-refractivity contribution in [1.82, 2.24) is 14.8 Å². The van der Waals surface area contributed by atoms with E-state index in [0.717, 1.165) is 12.1 Å². The zero-order valence-corrected chi connectivity index (χ0v) is 8.48. The van der Waals surface area contributed by atoms with E-state index < -0.39 is 11.6 Å². The van der Waals surface area contributed by atoms with Gasteiger partial charge in [0.2, 0.25) is 0 Å². The predicted octanol–water partition coefficient (Wildman–Crippen LogP) is 1.25. The number of rotatable bonds is 2. The molecule has 1 aromatic heterocycles. The van der Waals surface area contributed by atoms with Gasteiger partial charge < -0.3 is 9.67 Å². The molecular weight excluding hydrogens is 216 g/mol. The van der Waals surface area contributed by atoms with Crippen molar-refractivity contribution in [3.63, 3.8) is 0 Å². The molecule has 0 radical (unpaired) electrons. The van der Waals surface area contributed by atoms with Gasteiger partial charge >= 0.3 is 0 Å². The molecule has 0 bridgehead atoms. The van der Waals surface area contributed by atoms with Crippen LogP contribution in [0.1, 0.15) is 5.82 Å². The summed E-state index contributed by atoms with van der Waals surface area (Å²) in [6, 6.07) is 3.21. The fraction of sp³-hybridized carbons (Fsp3) is 0.200.